The molecule has 3 aromatic carbocycles. The molecule has 7 nitrogen and oxygen atoms in total. The van der Waals surface area contributed by atoms with Crippen LogP contribution >= 0.6 is 0 Å². The first-order valence-electron chi connectivity index (χ1n) is 11.2. The first-order valence-corrected chi connectivity index (χ1v) is 11.2. The van der Waals surface area contributed by atoms with Gasteiger partial charge in [-0.2, -0.15) is 0 Å². The van der Waals surface area contributed by atoms with E-state index in [1.807, 2.05) is 30.3 Å². The highest BCUT2D eigenvalue weighted by molar-refractivity contribution is 6.07. The molecule has 0 bridgehead atoms. The van der Waals surface area contributed by atoms with Gasteiger partial charge in [-0.05, 0) is 60.0 Å². The van der Waals surface area contributed by atoms with E-state index in [1.54, 1.807) is 48.0 Å². The van der Waals surface area contributed by atoms with Crippen molar-refractivity contribution >= 4 is 40.1 Å². The quantitative estimate of drug-likeness (QED) is 0.417. The molecule has 1 amide bonds. The normalized spacial score (nSPS) is 13.6. The van der Waals surface area contributed by atoms with Crippen LogP contribution in [0.4, 0.5) is 5.69 Å². The Morgan fingerprint density at radius 3 is 2.54 bits per heavy atom. The van der Waals surface area contributed by atoms with Crippen LogP contribution in [0.1, 0.15) is 38.5 Å². The van der Waals surface area contributed by atoms with Crippen molar-refractivity contribution < 1.29 is 14.3 Å². The van der Waals surface area contributed by atoms with Gasteiger partial charge in [0.2, 0.25) is 0 Å². The van der Waals surface area contributed by atoms with Gasteiger partial charge in [0, 0.05) is 24.8 Å². The summed E-state index contributed by atoms with van der Waals surface area (Å²) in [5, 5.41) is 0.506. The van der Waals surface area contributed by atoms with Gasteiger partial charge in [-0.25, -0.2) is 9.78 Å². The second kappa shape index (κ2) is 9.02. The highest BCUT2D eigenvalue weighted by Gasteiger charge is 2.22. The highest BCUT2D eigenvalue weighted by Crippen LogP contribution is 2.29. The van der Waals surface area contributed by atoms with Crippen LogP contribution in [0.15, 0.2) is 77.6 Å². The molecular formula is C28H23N3O4. The number of hydrogen-bond donors (Lipinski definition) is 0. The minimum absolute atomic E-state index is 0.0900. The largest absolute Gasteiger partial charge is 0.465 e. The second-order valence-corrected chi connectivity index (χ2v) is 8.36. The van der Waals surface area contributed by atoms with Crippen LogP contribution in [0, 0.1) is 0 Å². The lowest BCUT2D eigenvalue weighted by Crippen LogP contribution is -2.27. The summed E-state index contributed by atoms with van der Waals surface area (Å²) in [4.78, 5) is 44.4. The molecule has 0 fully saturated rings. The fourth-order valence-electron chi connectivity index (χ4n) is 4.31. The topological polar surface area (TPSA) is 81.5 Å². The standard InChI is InChI=1S/C28H23N3O4/c1-30(26(32)20-9-6-10-21(16-20)28(34)35-2)22-11-12-23-24(17-22)29-25-19(13-14-31(25)27(23)33)15-18-7-4-3-5-8-18/h3-12,15-17H,13-14H2,1-2H3. The summed E-state index contributed by atoms with van der Waals surface area (Å²) in [6.07, 6.45) is 2.79. The van der Waals surface area contributed by atoms with Gasteiger partial charge in [-0.15, -0.1) is 0 Å². The minimum atomic E-state index is -0.508. The first-order chi connectivity index (χ1) is 17.0. The van der Waals surface area contributed by atoms with Gasteiger partial charge in [0.25, 0.3) is 11.5 Å². The molecule has 2 heterocycles. The van der Waals surface area contributed by atoms with Crippen LogP contribution in [0.5, 0.6) is 0 Å². The highest BCUT2D eigenvalue weighted by atomic mass is 16.5. The zero-order valence-electron chi connectivity index (χ0n) is 19.4. The van der Waals surface area contributed by atoms with E-state index in [4.69, 9.17) is 9.72 Å². The van der Waals surface area contributed by atoms with Crippen molar-refractivity contribution in [2.45, 2.75) is 13.0 Å². The molecule has 0 aliphatic carbocycles. The van der Waals surface area contributed by atoms with Crippen molar-refractivity contribution in [2.24, 2.45) is 0 Å². The maximum absolute atomic E-state index is 13.2. The third-order valence-corrected chi connectivity index (χ3v) is 6.19. The molecule has 1 aromatic heterocycles. The zero-order valence-corrected chi connectivity index (χ0v) is 19.4. The lowest BCUT2D eigenvalue weighted by molar-refractivity contribution is 0.0600. The van der Waals surface area contributed by atoms with Gasteiger partial charge >= 0.3 is 5.97 Å². The molecule has 5 rings (SSSR count). The number of amides is 1. The van der Waals surface area contributed by atoms with Gasteiger partial charge in [0.05, 0.1) is 23.6 Å². The smallest absolute Gasteiger partial charge is 0.337 e. The van der Waals surface area contributed by atoms with E-state index < -0.39 is 5.97 Å². The van der Waals surface area contributed by atoms with Crippen LogP contribution in [-0.2, 0) is 11.3 Å². The summed E-state index contributed by atoms with van der Waals surface area (Å²) in [5.74, 6) is -0.146. The number of fused-ring (bicyclic) bond motifs is 2. The molecular weight excluding hydrogens is 442 g/mol. The van der Waals surface area contributed by atoms with Gasteiger partial charge in [0.1, 0.15) is 5.82 Å². The number of nitrogens with zero attached hydrogens (tertiary/aromatic N) is 3. The summed E-state index contributed by atoms with van der Waals surface area (Å²) in [6.45, 7) is 0.590. The Morgan fingerprint density at radius 2 is 1.77 bits per heavy atom. The van der Waals surface area contributed by atoms with Crippen LogP contribution in [0.25, 0.3) is 22.6 Å². The van der Waals surface area contributed by atoms with Crippen molar-refractivity contribution in [1.82, 2.24) is 9.55 Å². The Labute approximate surface area is 201 Å². The third-order valence-electron chi connectivity index (χ3n) is 6.19. The first kappa shape index (κ1) is 22.3. The molecule has 0 radical (unpaired) electrons. The molecule has 4 aromatic rings. The van der Waals surface area contributed by atoms with E-state index in [0.29, 0.717) is 40.1 Å². The van der Waals surface area contributed by atoms with E-state index >= 15 is 0 Å². The third kappa shape index (κ3) is 4.12. The predicted molar refractivity (Wildman–Crippen MR) is 135 cm³/mol. The van der Waals surface area contributed by atoms with Crippen LogP contribution < -0.4 is 10.5 Å². The van der Waals surface area contributed by atoms with Crippen molar-refractivity contribution in [3.8, 4) is 0 Å². The van der Waals surface area contributed by atoms with Crippen LogP contribution in [0.3, 0.4) is 0 Å². The second-order valence-electron chi connectivity index (χ2n) is 8.36. The van der Waals surface area contributed by atoms with Crippen molar-refractivity contribution in [3.05, 3.63) is 106 Å². The lowest BCUT2D eigenvalue weighted by Gasteiger charge is -2.18. The average Bonchev–Trinajstić information content (AvgIpc) is 3.30. The van der Waals surface area contributed by atoms with Gasteiger partial charge in [-0.3, -0.25) is 14.2 Å². The maximum atomic E-state index is 13.2. The monoisotopic (exact) mass is 465 g/mol. The molecule has 0 unspecified atom stereocenters. The maximum Gasteiger partial charge on any atom is 0.337 e. The fraction of sp³-hybridized carbons (Fsp3) is 0.143. The lowest BCUT2D eigenvalue weighted by atomic mass is 10.1. The number of benzene rings is 3. The molecule has 1 aliphatic rings. The summed E-state index contributed by atoms with van der Waals surface area (Å²) in [7, 11) is 2.94. The van der Waals surface area contributed by atoms with Crippen molar-refractivity contribution in [1.29, 1.82) is 0 Å². The molecule has 174 valence electrons. The Kier molecular flexibility index (Phi) is 5.74. The van der Waals surface area contributed by atoms with Gasteiger partial charge in [0.15, 0.2) is 0 Å². The van der Waals surface area contributed by atoms with Crippen LogP contribution in [-0.4, -0.2) is 35.6 Å². The van der Waals surface area contributed by atoms with Crippen molar-refractivity contribution in [3.63, 3.8) is 0 Å². The van der Waals surface area contributed by atoms with E-state index in [0.717, 1.165) is 17.6 Å². The Balaban J connectivity index is 1.52. The van der Waals surface area contributed by atoms with Crippen molar-refractivity contribution in [2.75, 3.05) is 19.1 Å². The molecule has 0 N–H and O–H groups in total. The van der Waals surface area contributed by atoms with Crippen LogP contribution in [0.2, 0.25) is 0 Å². The molecule has 0 saturated heterocycles. The van der Waals surface area contributed by atoms with E-state index in [1.165, 1.54) is 18.1 Å². The number of ether oxygens (including phenoxy) is 1. The number of anilines is 1. The van der Waals surface area contributed by atoms with E-state index in [2.05, 4.69) is 6.08 Å². The minimum Gasteiger partial charge on any atom is -0.465 e. The van der Waals surface area contributed by atoms with Gasteiger partial charge in [-0.1, -0.05) is 36.4 Å². The van der Waals surface area contributed by atoms with E-state index in [-0.39, 0.29) is 11.5 Å². The number of hydrogen-bond acceptors (Lipinski definition) is 5. The average molecular weight is 466 g/mol. The molecule has 1 aliphatic heterocycles. The number of rotatable bonds is 4. The number of allylic oxidation sites excluding steroid dienone is 1. The molecule has 35 heavy (non-hydrogen) atoms. The molecule has 0 spiro atoms. The summed E-state index contributed by atoms with van der Waals surface area (Å²) in [5.41, 5.74) is 3.74. The van der Waals surface area contributed by atoms with E-state index in [9.17, 15) is 14.4 Å². The molecule has 7 heteroatoms. The summed E-state index contributed by atoms with van der Waals surface area (Å²) < 4.78 is 6.46. The Hall–Kier alpha value is -4.52. The Morgan fingerprint density at radius 1 is 1.00 bits per heavy atom. The SMILES string of the molecule is COC(=O)c1cccc(C(=O)N(C)c2ccc3c(=O)n4c(nc3c2)C(=Cc2ccccc2)CC4)c1. The summed E-state index contributed by atoms with van der Waals surface area (Å²) >= 11 is 0. The molecule has 0 saturated carbocycles. The number of aromatic nitrogens is 2. The zero-order chi connectivity index (χ0) is 24.5. The van der Waals surface area contributed by atoms with Gasteiger partial charge < -0.3 is 9.64 Å². The fourth-order valence-corrected chi connectivity index (χ4v) is 4.31. The number of carbonyl (C=O) groups excluding carboxylic acids is 2. The number of carbonyl (C=O) groups is 2. The predicted octanol–water partition coefficient (Wildman–Crippen LogP) is 4.40. The number of esters is 1. The number of methoxy groups -OCH3 is 1. The Bertz CT molecular complexity index is 1550. The summed E-state index contributed by atoms with van der Waals surface area (Å²) in [6, 6.07) is 21.5. The molecule has 0 atom stereocenters.